The van der Waals surface area contributed by atoms with Crippen LogP contribution in [-0.2, 0) is 0 Å². The summed E-state index contributed by atoms with van der Waals surface area (Å²) in [4.78, 5) is 11.6. The Morgan fingerprint density at radius 2 is 2.29 bits per heavy atom. The molecular weight excluding hydrogens is 110 g/mol. The fraction of sp³-hybridized carbons (Fsp3) is 0.750. The monoisotopic (exact) mass is 118 g/mol. The minimum absolute atomic E-state index is 0.289. The van der Waals surface area contributed by atoms with Gasteiger partial charge in [-0.2, -0.15) is 0 Å². The first kappa shape index (κ1) is 6.69. The zero-order chi connectivity index (χ0) is 5.86. The Labute approximate surface area is 48.9 Å². The first-order valence-electron chi connectivity index (χ1n) is 2.10. The summed E-state index contributed by atoms with van der Waals surface area (Å²) >= 11 is 4.29. The Morgan fingerprint density at radius 1 is 1.86 bits per heavy atom. The summed E-state index contributed by atoms with van der Waals surface area (Å²) in [6.07, 6.45) is 0. The van der Waals surface area contributed by atoms with Gasteiger partial charge in [0.1, 0.15) is 0 Å². The third kappa shape index (κ3) is 2.39. The third-order valence-electron chi connectivity index (χ3n) is 0.786. The number of hydrogen-bond acceptors (Lipinski definition) is 1. The summed E-state index contributed by atoms with van der Waals surface area (Å²) in [5.74, 6) is 0. The SMILES string of the molecule is CCN(C)C(=O)[S]. The Bertz CT molecular complexity index is 74.1. The van der Waals surface area contributed by atoms with Gasteiger partial charge in [0.05, 0.1) is 0 Å². The fourth-order valence-corrected chi connectivity index (χ4v) is 0.258. The normalized spacial score (nSPS) is 8.29. The maximum absolute atomic E-state index is 10.1. The topological polar surface area (TPSA) is 20.3 Å². The van der Waals surface area contributed by atoms with Crippen molar-refractivity contribution in [1.29, 1.82) is 0 Å². The predicted molar refractivity (Wildman–Crippen MR) is 31.3 cm³/mol. The average molecular weight is 118 g/mol. The molecule has 0 heterocycles. The summed E-state index contributed by atoms with van der Waals surface area (Å²) in [7, 11) is 1.68. The van der Waals surface area contributed by atoms with E-state index < -0.39 is 0 Å². The summed E-state index contributed by atoms with van der Waals surface area (Å²) in [6.45, 7) is 2.58. The molecule has 0 aromatic rings. The lowest BCUT2D eigenvalue weighted by atomic mass is 10.7. The molecule has 0 unspecified atom stereocenters. The lowest BCUT2D eigenvalue weighted by Crippen LogP contribution is -2.19. The van der Waals surface area contributed by atoms with Crippen molar-refractivity contribution in [3.63, 3.8) is 0 Å². The fourth-order valence-electron chi connectivity index (χ4n) is 0.129. The highest BCUT2D eigenvalue weighted by molar-refractivity contribution is 7.96. The molecule has 0 saturated heterocycles. The first-order chi connectivity index (χ1) is 3.18. The number of nitrogens with zero attached hydrogens (tertiary/aromatic N) is 1. The maximum atomic E-state index is 10.1. The average Bonchev–Trinajstić information content (AvgIpc) is 1.65. The third-order valence-corrected chi connectivity index (χ3v) is 1.10. The Hall–Kier alpha value is -0.310. The van der Waals surface area contributed by atoms with Gasteiger partial charge in [-0.05, 0) is 19.6 Å². The van der Waals surface area contributed by atoms with Gasteiger partial charge in [0, 0.05) is 13.6 Å². The van der Waals surface area contributed by atoms with Crippen LogP contribution in [0.3, 0.4) is 0 Å². The lowest BCUT2D eigenvalue weighted by Gasteiger charge is -2.06. The van der Waals surface area contributed by atoms with E-state index in [1.807, 2.05) is 6.92 Å². The zero-order valence-corrected chi connectivity index (χ0v) is 5.29. The van der Waals surface area contributed by atoms with Crippen LogP contribution in [0.25, 0.3) is 0 Å². The molecule has 41 valence electrons. The molecule has 0 aromatic carbocycles. The van der Waals surface area contributed by atoms with E-state index in [4.69, 9.17) is 0 Å². The zero-order valence-electron chi connectivity index (χ0n) is 4.47. The van der Waals surface area contributed by atoms with Crippen LogP contribution >= 0.6 is 12.6 Å². The molecule has 0 aliphatic heterocycles. The lowest BCUT2D eigenvalue weighted by molar-refractivity contribution is 0.236. The highest BCUT2D eigenvalue weighted by atomic mass is 32.1. The van der Waals surface area contributed by atoms with Gasteiger partial charge >= 0.3 is 5.24 Å². The molecule has 2 nitrogen and oxygen atoms in total. The van der Waals surface area contributed by atoms with Crippen molar-refractivity contribution in [2.45, 2.75) is 6.92 Å². The minimum Gasteiger partial charge on any atom is -0.333 e. The Kier molecular flexibility index (Phi) is 2.67. The molecule has 0 bridgehead atoms. The molecule has 1 amide bonds. The standard InChI is InChI=1S/C4H8NOS/c1-3-5(2)4(6)7/h3H2,1-2H3. The maximum Gasteiger partial charge on any atom is 0.312 e. The molecule has 0 fully saturated rings. The minimum atomic E-state index is -0.289. The molecule has 0 atom stereocenters. The second-order valence-electron chi connectivity index (χ2n) is 1.28. The van der Waals surface area contributed by atoms with Crippen molar-refractivity contribution < 1.29 is 4.79 Å². The number of carbonyl (C=O) groups excluding carboxylic acids is 1. The number of hydrogen-bond donors (Lipinski definition) is 0. The van der Waals surface area contributed by atoms with Gasteiger partial charge in [-0.3, -0.25) is 4.79 Å². The highest BCUT2D eigenvalue weighted by Gasteiger charge is 1.96. The summed E-state index contributed by atoms with van der Waals surface area (Å²) in [5, 5.41) is -0.289. The predicted octanol–water partition coefficient (Wildman–Crippen LogP) is 1.26. The van der Waals surface area contributed by atoms with E-state index in [-0.39, 0.29) is 5.24 Å². The van der Waals surface area contributed by atoms with Crippen LogP contribution in [0.1, 0.15) is 6.92 Å². The molecule has 0 aliphatic rings. The van der Waals surface area contributed by atoms with Crippen LogP contribution in [-0.4, -0.2) is 23.7 Å². The van der Waals surface area contributed by atoms with Crippen molar-refractivity contribution in [1.82, 2.24) is 4.90 Å². The molecule has 0 N–H and O–H groups in total. The Balaban J connectivity index is 3.34. The van der Waals surface area contributed by atoms with E-state index in [1.54, 1.807) is 7.05 Å². The van der Waals surface area contributed by atoms with E-state index in [0.29, 0.717) is 6.54 Å². The van der Waals surface area contributed by atoms with E-state index in [9.17, 15) is 4.79 Å². The molecule has 0 aliphatic carbocycles. The van der Waals surface area contributed by atoms with Crippen molar-refractivity contribution in [2.75, 3.05) is 13.6 Å². The van der Waals surface area contributed by atoms with Gasteiger partial charge in [0.15, 0.2) is 0 Å². The van der Waals surface area contributed by atoms with Crippen LogP contribution in [0.2, 0.25) is 0 Å². The van der Waals surface area contributed by atoms with Crippen molar-refractivity contribution in [2.24, 2.45) is 0 Å². The number of amides is 1. The quantitative estimate of drug-likeness (QED) is 0.507. The van der Waals surface area contributed by atoms with Crippen LogP contribution in [0.4, 0.5) is 4.79 Å². The van der Waals surface area contributed by atoms with Gasteiger partial charge < -0.3 is 4.90 Å². The number of carbonyl (C=O) groups is 1. The molecule has 0 rings (SSSR count). The Morgan fingerprint density at radius 3 is 2.29 bits per heavy atom. The summed E-state index contributed by atoms with van der Waals surface area (Å²) in [6, 6.07) is 0. The van der Waals surface area contributed by atoms with Gasteiger partial charge in [0.2, 0.25) is 0 Å². The molecule has 0 saturated carbocycles. The van der Waals surface area contributed by atoms with Crippen molar-refractivity contribution in [3.8, 4) is 0 Å². The van der Waals surface area contributed by atoms with Gasteiger partial charge in [-0.15, -0.1) is 0 Å². The van der Waals surface area contributed by atoms with E-state index >= 15 is 0 Å². The van der Waals surface area contributed by atoms with Crippen LogP contribution < -0.4 is 0 Å². The van der Waals surface area contributed by atoms with Gasteiger partial charge in [-0.25, -0.2) is 0 Å². The van der Waals surface area contributed by atoms with Gasteiger partial charge in [0.25, 0.3) is 0 Å². The van der Waals surface area contributed by atoms with Crippen molar-refractivity contribution in [3.05, 3.63) is 0 Å². The van der Waals surface area contributed by atoms with Gasteiger partial charge in [-0.1, -0.05) is 0 Å². The molecule has 0 spiro atoms. The van der Waals surface area contributed by atoms with E-state index in [0.717, 1.165) is 0 Å². The van der Waals surface area contributed by atoms with Crippen LogP contribution in [0.5, 0.6) is 0 Å². The van der Waals surface area contributed by atoms with Crippen LogP contribution in [0, 0.1) is 0 Å². The second-order valence-corrected chi connectivity index (χ2v) is 1.63. The second kappa shape index (κ2) is 2.80. The highest BCUT2D eigenvalue weighted by Crippen LogP contribution is 1.87. The molecule has 7 heavy (non-hydrogen) atoms. The van der Waals surface area contributed by atoms with E-state index in [1.165, 1.54) is 4.90 Å². The summed E-state index contributed by atoms with van der Waals surface area (Å²) in [5.41, 5.74) is 0. The largest absolute Gasteiger partial charge is 0.333 e. The molecule has 0 aromatic heterocycles. The molecule has 1 radical (unpaired) electrons. The van der Waals surface area contributed by atoms with Crippen molar-refractivity contribution >= 4 is 17.9 Å². The first-order valence-corrected chi connectivity index (χ1v) is 2.51. The van der Waals surface area contributed by atoms with Crippen LogP contribution in [0.15, 0.2) is 0 Å². The molecule has 3 heteroatoms. The smallest absolute Gasteiger partial charge is 0.312 e. The number of rotatable bonds is 1. The molecular formula is C4H8NOS. The van der Waals surface area contributed by atoms with E-state index in [2.05, 4.69) is 12.6 Å². The summed E-state index contributed by atoms with van der Waals surface area (Å²) < 4.78 is 0.